The summed E-state index contributed by atoms with van der Waals surface area (Å²) in [7, 11) is 6.47. The van der Waals surface area contributed by atoms with Crippen LogP contribution in [-0.2, 0) is 38.1 Å². The van der Waals surface area contributed by atoms with Crippen LogP contribution in [0.4, 0.5) is 0 Å². The summed E-state index contributed by atoms with van der Waals surface area (Å²) >= 11 is -2.36. The normalized spacial score (nSPS) is 11.0. The quantitative estimate of drug-likeness (QED) is 0.102. The maximum absolute atomic E-state index is 11.7. The second-order valence-electron chi connectivity index (χ2n) is 7.10. The van der Waals surface area contributed by atoms with Crippen molar-refractivity contribution in [3.8, 4) is 0 Å². The first-order chi connectivity index (χ1) is 14.7. The van der Waals surface area contributed by atoms with Crippen LogP contribution in [0.25, 0.3) is 0 Å². The summed E-state index contributed by atoms with van der Waals surface area (Å²) in [6, 6.07) is 0. The number of hydrogen-bond donors (Lipinski definition) is 0. The van der Waals surface area contributed by atoms with Gasteiger partial charge in [-0.05, 0) is 0 Å². The van der Waals surface area contributed by atoms with E-state index in [4.69, 9.17) is 9.47 Å². The first-order valence-corrected chi connectivity index (χ1v) is 25.1. The van der Waals surface area contributed by atoms with Crippen LogP contribution in [0.15, 0.2) is 0 Å². The van der Waals surface area contributed by atoms with E-state index in [-0.39, 0.29) is 23.9 Å². The van der Waals surface area contributed by atoms with Gasteiger partial charge in [0.25, 0.3) is 0 Å². The Balaban J connectivity index is 3.69. The maximum atomic E-state index is 11.7. The monoisotopic (exact) mass is 588 g/mol. The van der Waals surface area contributed by atoms with Crippen molar-refractivity contribution in [3.63, 3.8) is 0 Å². The first-order valence-electron chi connectivity index (χ1n) is 10.4. The van der Waals surface area contributed by atoms with E-state index in [0.29, 0.717) is 64.6 Å². The predicted molar refractivity (Wildman–Crippen MR) is 125 cm³/mol. The zero-order chi connectivity index (χ0) is 23.5. The molecule has 0 atom stereocenters. The van der Waals surface area contributed by atoms with Gasteiger partial charge < -0.3 is 0 Å². The van der Waals surface area contributed by atoms with Crippen LogP contribution >= 0.6 is 17.9 Å². The van der Waals surface area contributed by atoms with Crippen molar-refractivity contribution in [1.82, 2.24) is 0 Å². The average Bonchev–Trinajstić information content (AvgIpc) is 2.74. The molecule has 0 bridgehead atoms. The van der Waals surface area contributed by atoms with Crippen LogP contribution in [0.1, 0.15) is 51.4 Å². The van der Waals surface area contributed by atoms with Crippen molar-refractivity contribution < 1.29 is 38.1 Å². The van der Waals surface area contributed by atoms with Gasteiger partial charge >= 0.3 is 196 Å². The number of hydrogen-bond acceptors (Lipinski definition) is 10. The van der Waals surface area contributed by atoms with E-state index in [2.05, 4.69) is 19.4 Å². The third kappa shape index (κ3) is 19.8. The van der Waals surface area contributed by atoms with Crippen LogP contribution < -0.4 is 0 Å². The number of esters is 4. The van der Waals surface area contributed by atoms with Gasteiger partial charge in [0, 0.05) is 0 Å². The third-order valence-corrected chi connectivity index (χ3v) is 26.3. The number of carbonyl (C=O) groups excluding carboxylic acids is 4. The van der Waals surface area contributed by atoms with Gasteiger partial charge in [0.2, 0.25) is 0 Å². The van der Waals surface area contributed by atoms with Gasteiger partial charge in [0.05, 0.1) is 0 Å². The molecule has 0 spiro atoms. The molecule has 0 radical (unpaired) electrons. The van der Waals surface area contributed by atoms with E-state index in [1.54, 1.807) is 0 Å². The van der Waals surface area contributed by atoms with Crippen LogP contribution in [-0.4, -0.2) is 78.4 Å². The Morgan fingerprint density at radius 2 is 0.935 bits per heavy atom. The van der Waals surface area contributed by atoms with Crippen LogP contribution in [0.2, 0.25) is 9.88 Å². The summed E-state index contributed by atoms with van der Waals surface area (Å²) in [6.07, 6.45) is 3.75. The second kappa shape index (κ2) is 18.9. The molecule has 0 aliphatic heterocycles. The summed E-state index contributed by atoms with van der Waals surface area (Å²) in [5.41, 5.74) is 0. The minimum absolute atomic E-state index is 0.232. The molecule has 0 N–H and O–H groups in total. The first kappa shape index (κ1) is 30.4. The van der Waals surface area contributed by atoms with Gasteiger partial charge in [-0.15, -0.1) is 0 Å². The zero-order valence-electron chi connectivity index (χ0n) is 19.1. The molecule has 0 amide bonds. The number of methoxy groups -OCH3 is 2. The molecule has 8 nitrogen and oxygen atoms in total. The number of unbranched alkanes of at least 4 members (excludes halogenated alkanes) is 2. The summed E-state index contributed by atoms with van der Waals surface area (Å²) in [5, 5.41) is 0. The van der Waals surface area contributed by atoms with E-state index < -0.39 is 15.6 Å². The van der Waals surface area contributed by atoms with Crippen LogP contribution in [0.3, 0.4) is 0 Å². The fourth-order valence-electron chi connectivity index (χ4n) is 2.35. The fourth-order valence-corrected chi connectivity index (χ4v) is 19.3. The molecular weight excluding hydrogens is 551 g/mol. The van der Waals surface area contributed by atoms with E-state index >= 15 is 0 Å². The number of ether oxygens (including phenoxy) is 4. The number of carbonyl (C=O) groups is 4. The molecule has 0 fully saturated rings. The predicted octanol–water partition coefficient (Wildman–Crippen LogP) is 3.71. The Morgan fingerprint density at radius 3 is 1.26 bits per heavy atom. The van der Waals surface area contributed by atoms with Crippen LogP contribution in [0.5, 0.6) is 0 Å². The Bertz CT molecular complexity index is 511. The third-order valence-electron chi connectivity index (χ3n) is 4.07. The van der Waals surface area contributed by atoms with Crippen molar-refractivity contribution in [2.24, 2.45) is 0 Å². The molecule has 31 heavy (non-hydrogen) atoms. The van der Waals surface area contributed by atoms with Gasteiger partial charge in [-0.2, -0.15) is 0 Å². The van der Waals surface area contributed by atoms with Crippen molar-refractivity contribution in [3.05, 3.63) is 0 Å². The van der Waals surface area contributed by atoms with E-state index in [1.165, 1.54) is 14.2 Å². The van der Waals surface area contributed by atoms with E-state index in [1.807, 2.05) is 17.9 Å². The minimum atomic E-state index is -2.36. The molecule has 0 aliphatic rings. The summed E-state index contributed by atoms with van der Waals surface area (Å²) in [5.74, 6) is 0.549. The zero-order valence-corrected chi connectivity index (χ0v) is 23.6. The van der Waals surface area contributed by atoms with Gasteiger partial charge in [-0.1, -0.05) is 0 Å². The molecule has 0 rings (SSSR count). The molecule has 0 unspecified atom stereocenters. The van der Waals surface area contributed by atoms with E-state index in [0.717, 1.165) is 11.5 Å². The van der Waals surface area contributed by atoms with Gasteiger partial charge in [-0.25, -0.2) is 0 Å². The average molecular weight is 587 g/mol. The topological polar surface area (TPSA) is 105 Å². The Labute approximate surface area is 195 Å². The Morgan fingerprint density at radius 1 is 0.613 bits per heavy atom. The molecule has 0 aromatic carbocycles. The van der Waals surface area contributed by atoms with Gasteiger partial charge in [0.15, 0.2) is 0 Å². The molecular formula is C20H36O8S2Sn. The van der Waals surface area contributed by atoms with Gasteiger partial charge in [-0.3, -0.25) is 0 Å². The number of rotatable bonds is 18. The van der Waals surface area contributed by atoms with Crippen molar-refractivity contribution in [2.75, 3.05) is 38.9 Å². The van der Waals surface area contributed by atoms with E-state index in [9.17, 15) is 19.2 Å². The Hall–Kier alpha value is -0.621. The van der Waals surface area contributed by atoms with Gasteiger partial charge in [0.1, 0.15) is 0 Å². The standard InChI is InChI=1S/2C9H16O4S.2CH3.Sn/c2*1-12-8(10)4-2-3-5-9(11)13-6-7-14;;;/h2*14H,2-7H2,1H3;2*1H3;/q;;;;+2/p-2. The molecule has 11 heteroatoms. The molecule has 180 valence electrons. The Kier molecular flexibility index (Phi) is 18.5. The summed E-state index contributed by atoms with van der Waals surface area (Å²) in [6.45, 7) is 0.782. The summed E-state index contributed by atoms with van der Waals surface area (Å²) < 4.78 is 19.6. The second-order valence-corrected chi connectivity index (χ2v) is 36.9. The van der Waals surface area contributed by atoms with Crippen molar-refractivity contribution in [2.45, 2.75) is 61.2 Å². The molecule has 0 heterocycles. The molecule has 0 aromatic rings. The molecule has 0 saturated heterocycles. The summed E-state index contributed by atoms with van der Waals surface area (Å²) in [4.78, 5) is 49.9. The fraction of sp³-hybridized carbons (Fsp3) is 0.800. The molecule has 0 aromatic heterocycles. The molecule has 0 aliphatic carbocycles. The van der Waals surface area contributed by atoms with Crippen LogP contribution in [0, 0.1) is 0 Å². The van der Waals surface area contributed by atoms with Crippen molar-refractivity contribution >= 4 is 57.4 Å². The van der Waals surface area contributed by atoms with Crippen molar-refractivity contribution in [1.29, 1.82) is 0 Å². The SMILES string of the molecule is COC(=O)CCCCC(=O)OCC[S][Sn]([CH3])([CH3])[S]CCOC(=O)CCCCC(=O)OC. The molecule has 0 saturated carbocycles.